The molecule has 0 fully saturated rings. The van der Waals surface area contributed by atoms with Crippen LogP contribution in [0.3, 0.4) is 0 Å². The predicted molar refractivity (Wildman–Crippen MR) is 62.8 cm³/mol. The molecule has 0 bridgehead atoms. The van der Waals surface area contributed by atoms with Gasteiger partial charge in [-0.2, -0.15) is 0 Å². The van der Waals surface area contributed by atoms with Gasteiger partial charge in [0.1, 0.15) is 0 Å². The summed E-state index contributed by atoms with van der Waals surface area (Å²) in [7, 11) is 1.67. The average molecular weight is 206 g/mol. The van der Waals surface area contributed by atoms with Crippen LogP contribution >= 0.6 is 0 Å². The summed E-state index contributed by atoms with van der Waals surface area (Å²) < 4.78 is 10.9. The van der Waals surface area contributed by atoms with Gasteiger partial charge in [0.15, 0.2) is 11.5 Å². The van der Waals surface area contributed by atoms with Gasteiger partial charge in [0.2, 0.25) is 0 Å². The van der Waals surface area contributed by atoms with Gasteiger partial charge in [0.25, 0.3) is 0 Å². The third kappa shape index (κ3) is 2.75. The molecule has 0 N–H and O–H groups in total. The predicted octanol–water partition coefficient (Wildman–Crippen LogP) is 3.13. The molecule has 0 saturated heterocycles. The molecule has 0 heterocycles. The van der Waals surface area contributed by atoms with E-state index in [1.165, 1.54) is 5.56 Å². The maximum absolute atomic E-state index is 5.54. The van der Waals surface area contributed by atoms with Crippen LogP contribution < -0.4 is 9.47 Å². The van der Waals surface area contributed by atoms with E-state index in [1.807, 2.05) is 19.1 Å². The lowest BCUT2D eigenvalue weighted by Gasteiger charge is -2.14. The van der Waals surface area contributed by atoms with Gasteiger partial charge in [0.05, 0.1) is 13.7 Å². The molecule has 0 unspecified atom stereocenters. The van der Waals surface area contributed by atoms with Gasteiger partial charge in [-0.1, -0.05) is 12.1 Å². The molecule has 0 aliphatic carbocycles. The van der Waals surface area contributed by atoms with Crippen molar-refractivity contribution in [3.63, 3.8) is 0 Å². The molecule has 0 saturated carbocycles. The van der Waals surface area contributed by atoms with Crippen LogP contribution in [0.2, 0.25) is 0 Å². The largest absolute Gasteiger partial charge is 0.493 e. The van der Waals surface area contributed by atoms with Crippen molar-refractivity contribution in [2.24, 2.45) is 0 Å². The summed E-state index contributed by atoms with van der Waals surface area (Å²) in [5, 5.41) is 0. The van der Waals surface area contributed by atoms with E-state index in [2.05, 4.69) is 19.6 Å². The van der Waals surface area contributed by atoms with Gasteiger partial charge in [-0.05, 0) is 31.9 Å². The molecule has 0 aliphatic heterocycles. The molecule has 0 aliphatic rings. The molecular formula is C13H18O2. The van der Waals surface area contributed by atoms with E-state index in [9.17, 15) is 0 Å². The minimum atomic E-state index is 0.646. The van der Waals surface area contributed by atoms with E-state index in [0.717, 1.165) is 23.5 Å². The number of hydrogen-bond acceptors (Lipinski definition) is 2. The molecule has 0 amide bonds. The summed E-state index contributed by atoms with van der Waals surface area (Å²) in [5.41, 5.74) is 2.30. The van der Waals surface area contributed by atoms with Crippen molar-refractivity contribution in [1.82, 2.24) is 0 Å². The fourth-order valence-corrected chi connectivity index (χ4v) is 1.61. The van der Waals surface area contributed by atoms with Crippen molar-refractivity contribution in [2.75, 3.05) is 13.7 Å². The van der Waals surface area contributed by atoms with E-state index in [4.69, 9.17) is 9.47 Å². The lowest BCUT2D eigenvalue weighted by molar-refractivity contribution is 0.309. The Kier molecular flexibility index (Phi) is 4.22. The first-order valence-corrected chi connectivity index (χ1v) is 5.14. The lowest BCUT2D eigenvalue weighted by Crippen LogP contribution is -1.99. The van der Waals surface area contributed by atoms with Crippen LogP contribution in [0.25, 0.3) is 0 Å². The Labute approximate surface area is 91.5 Å². The van der Waals surface area contributed by atoms with E-state index >= 15 is 0 Å². The third-order valence-electron chi connectivity index (χ3n) is 2.14. The highest BCUT2D eigenvalue weighted by Gasteiger charge is 2.10. The minimum Gasteiger partial charge on any atom is -0.493 e. The van der Waals surface area contributed by atoms with Crippen LogP contribution in [0.4, 0.5) is 0 Å². The van der Waals surface area contributed by atoms with E-state index in [0.29, 0.717) is 6.61 Å². The van der Waals surface area contributed by atoms with Crippen LogP contribution in [0, 0.1) is 6.92 Å². The SMILES string of the molecule is C=CCc1cc(C)cc(OCC)c1OC. The van der Waals surface area contributed by atoms with Crippen molar-refractivity contribution in [3.05, 3.63) is 35.9 Å². The number of rotatable bonds is 5. The fourth-order valence-electron chi connectivity index (χ4n) is 1.61. The number of allylic oxidation sites excluding steroid dienone is 1. The molecule has 0 radical (unpaired) electrons. The van der Waals surface area contributed by atoms with Crippen LogP contribution in [0.5, 0.6) is 11.5 Å². The molecule has 1 aromatic rings. The van der Waals surface area contributed by atoms with Crippen molar-refractivity contribution in [3.8, 4) is 11.5 Å². The average Bonchev–Trinajstić information content (AvgIpc) is 2.18. The zero-order valence-electron chi connectivity index (χ0n) is 9.67. The Morgan fingerprint density at radius 3 is 2.67 bits per heavy atom. The molecular weight excluding hydrogens is 188 g/mol. The quantitative estimate of drug-likeness (QED) is 0.689. The molecule has 0 atom stereocenters. The molecule has 2 heteroatoms. The highest BCUT2D eigenvalue weighted by molar-refractivity contribution is 5.50. The zero-order chi connectivity index (χ0) is 11.3. The Hall–Kier alpha value is -1.44. The van der Waals surface area contributed by atoms with Crippen LogP contribution in [-0.2, 0) is 6.42 Å². The van der Waals surface area contributed by atoms with Crippen LogP contribution in [0.1, 0.15) is 18.1 Å². The molecule has 2 nitrogen and oxygen atoms in total. The summed E-state index contributed by atoms with van der Waals surface area (Å²) in [6.45, 7) is 8.40. The Balaban J connectivity index is 3.18. The molecule has 1 rings (SSSR count). The summed E-state index contributed by atoms with van der Waals surface area (Å²) in [6.07, 6.45) is 2.66. The highest BCUT2D eigenvalue weighted by Crippen LogP contribution is 2.33. The smallest absolute Gasteiger partial charge is 0.164 e. The first-order chi connectivity index (χ1) is 7.22. The number of hydrogen-bond donors (Lipinski definition) is 0. The second-order valence-electron chi connectivity index (χ2n) is 3.38. The number of aryl methyl sites for hydroxylation is 1. The summed E-state index contributed by atoms with van der Waals surface area (Å²) >= 11 is 0. The zero-order valence-corrected chi connectivity index (χ0v) is 9.67. The first-order valence-electron chi connectivity index (χ1n) is 5.14. The summed E-state index contributed by atoms with van der Waals surface area (Å²) in [5.74, 6) is 1.64. The monoisotopic (exact) mass is 206 g/mol. The first kappa shape index (κ1) is 11.6. The van der Waals surface area contributed by atoms with Gasteiger partial charge in [-0.3, -0.25) is 0 Å². The third-order valence-corrected chi connectivity index (χ3v) is 2.14. The van der Waals surface area contributed by atoms with Gasteiger partial charge >= 0.3 is 0 Å². The number of ether oxygens (including phenoxy) is 2. The van der Waals surface area contributed by atoms with E-state index in [-0.39, 0.29) is 0 Å². The highest BCUT2D eigenvalue weighted by atomic mass is 16.5. The van der Waals surface area contributed by atoms with Gasteiger partial charge in [-0.15, -0.1) is 6.58 Å². The number of methoxy groups -OCH3 is 1. The van der Waals surface area contributed by atoms with Crippen LogP contribution in [-0.4, -0.2) is 13.7 Å². The normalized spacial score (nSPS) is 9.80. The van der Waals surface area contributed by atoms with Gasteiger partial charge < -0.3 is 9.47 Å². The number of benzene rings is 1. The lowest BCUT2D eigenvalue weighted by atomic mass is 10.1. The Bertz CT molecular complexity index is 343. The van der Waals surface area contributed by atoms with E-state index in [1.54, 1.807) is 7.11 Å². The van der Waals surface area contributed by atoms with Gasteiger partial charge in [0, 0.05) is 5.56 Å². The molecule has 15 heavy (non-hydrogen) atoms. The van der Waals surface area contributed by atoms with Crippen LogP contribution in [0.15, 0.2) is 24.8 Å². The summed E-state index contributed by atoms with van der Waals surface area (Å²) in [6, 6.07) is 4.10. The van der Waals surface area contributed by atoms with Crippen molar-refractivity contribution in [1.29, 1.82) is 0 Å². The maximum Gasteiger partial charge on any atom is 0.164 e. The fraction of sp³-hybridized carbons (Fsp3) is 0.385. The second-order valence-corrected chi connectivity index (χ2v) is 3.38. The molecule has 0 spiro atoms. The topological polar surface area (TPSA) is 18.5 Å². The Morgan fingerprint density at radius 2 is 2.13 bits per heavy atom. The standard InChI is InChI=1S/C13H18O2/c1-5-7-11-8-10(3)9-12(15-6-2)13(11)14-4/h5,8-9H,1,6-7H2,2-4H3. The molecule has 82 valence electrons. The van der Waals surface area contributed by atoms with Gasteiger partial charge in [-0.25, -0.2) is 0 Å². The van der Waals surface area contributed by atoms with E-state index < -0.39 is 0 Å². The molecule has 1 aromatic carbocycles. The second kappa shape index (κ2) is 5.44. The maximum atomic E-state index is 5.54. The van der Waals surface area contributed by atoms with Crippen molar-refractivity contribution >= 4 is 0 Å². The molecule has 0 aromatic heterocycles. The van der Waals surface area contributed by atoms with Crippen molar-refractivity contribution in [2.45, 2.75) is 20.3 Å². The summed E-state index contributed by atoms with van der Waals surface area (Å²) in [4.78, 5) is 0. The minimum absolute atomic E-state index is 0.646. The van der Waals surface area contributed by atoms with Crippen molar-refractivity contribution < 1.29 is 9.47 Å². The Morgan fingerprint density at radius 1 is 1.40 bits per heavy atom.